The molecule has 0 saturated heterocycles. The van der Waals surface area contributed by atoms with Crippen molar-refractivity contribution in [3.05, 3.63) is 29.6 Å². The molecule has 1 heterocycles. The molecule has 7 nitrogen and oxygen atoms in total. The van der Waals surface area contributed by atoms with Crippen molar-refractivity contribution < 1.29 is 9.47 Å². The molecule has 102 valence electrons. The van der Waals surface area contributed by atoms with Crippen molar-refractivity contribution in [3.63, 3.8) is 0 Å². The Hall–Kier alpha value is -2.15. The number of hydrogen-bond donors (Lipinski definition) is 1. The summed E-state index contributed by atoms with van der Waals surface area (Å²) >= 11 is 0. The maximum atomic E-state index is 5.63. The lowest BCUT2D eigenvalue weighted by Crippen LogP contribution is -2.12. The van der Waals surface area contributed by atoms with Gasteiger partial charge in [0, 0.05) is 6.54 Å². The number of hydrogen-bond acceptors (Lipinski definition) is 6. The second-order valence-corrected chi connectivity index (χ2v) is 4.03. The van der Waals surface area contributed by atoms with E-state index < -0.39 is 0 Å². The van der Waals surface area contributed by atoms with Crippen LogP contribution in [0.4, 0.5) is 0 Å². The highest BCUT2D eigenvalue weighted by atomic mass is 16.5. The van der Waals surface area contributed by atoms with Gasteiger partial charge in [-0.05, 0) is 29.8 Å². The fourth-order valence-corrected chi connectivity index (χ4v) is 1.58. The Balaban J connectivity index is 2.01. The molecule has 0 fully saturated rings. The van der Waals surface area contributed by atoms with Gasteiger partial charge in [0.1, 0.15) is 0 Å². The molecule has 1 aromatic heterocycles. The average Bonchev–Trinajstić information content (AvgIpc) is 2.85. The fraction of sp³-hybridized carbons (Fsp3) is 0.417. The third-order valence-electron chi connectivity index (χ3n) is 2.50. The van der Waals surface area contributed by atoms with E-state index in [1.807, 2.05) is 25.1 Å². The van der Waals surface area contributed by atoms with Gasteiger partial charge in [-0.15, -0.1) is 10.2 Å². The number of methoxy groups -OCH3 is 1. The van der Waals surface area contributed by atoms with Crippen molar-refractivity contribution in [2.24, 2.45) is 5.73 Å². The smallest absolute Gasteiger partial charge is 0.212 e. The highest BCUT2D eigenvalue weighted by Gasteiger charge is 2.07. The summed E-state index contributed by atoms with van der Waals surface area (Å²) in [6, 6.07) is 5.73. The van der Waals surface area contributed by atoms with Crippen LogP contribution in [0.5, 0.6) is 11.5 Å². The van der Waals surface area contributed by atoms with Crippen molar-refractivity contribution >= 4 is 0 Å². The number of ether oxygens (including phenoxy) is 2. The van der Waals surface area contributed by atoms with Crippen LogP contribution in [-0.4, -0.2) is 33.9 Å². The lowest BCUT2D eigenvalue weighted by atomic mass is 10.2. The molecule has 0 radical (unpaired) electrons. The second kappa shape index (κ2) is 6.14. The second-order valence-electron chi connectivity index (χ2n) is 4.03. The highest BCUT2D eigenvalue weighted by molar-refractivity contribution is 5.42. The summed E-state index contributed by atoms with van der Waals surface area (Å²) in [7, 11) is 1.61. The molecule has 0 aliphatic carbocycles. The van der Waals surface area contributed by atoms with Gasteiger partial charge in [0.05, 0.1) is 13.7 Å². The number of nitrogens with two attached hydrogens (primary N) is 1. The molecular weight excluding hydrogens is 246 g/mol. The quantitative estimate of drug-likeness (QED) is 0.817. The minimum absolute atomic E-state index is 0.240. The predicted molar refractivity (Wildman–Crippen MR) is 68.9 cm³/mol. The fourth-order valence-electron chi connectivity index (χ4n) is 1.58. The van der Waals surface area contributed by atoms with E-state index in [2.05, 4.69) is 15.4 Å². The normalized spacial score (nSPS) is 10.5. The van der Waals surface area contributed by atoms with E-state index in [-0.39, 0.29) is 6.61 Å². The molecular formula is C12H17N5O2. The number of nitrogens with zero attached hydrogens (tertiary/aromatic N) is 4. The molecule has 2 rings (SSSR count). The number of rotatable bonds is 6. The van der Waals surface area contributed by atoms with E-state index in [9.17, 15) is 0 Å². The molecule has 2 aromatic rings. The Bertz CT molecular complexity index is 541. The Morgan fingerprint density at radius 2 is 2.16 bits per heavy atom. The zero-order chi connectivity index (χ0) is 13.7. The molecule has 0 saturated carbocycles. The Morgan fingerprint density at radius 1 is 1.32 bits per heavy atom. The van der Waals surface area contributed by atoms with Gasteiger partial charge in [0.25, 0.3) is 0 Å². The van der Waals surface area contributed by atoms with Crippen LogP contribution in [0.15, 0.2) is 18.2 Å². The summed E-state index contributed by atoms with van der Waals surface area (Å²) in [6.07, 6.45) is 0. The van der Waals surface area contributed by atoms with Crippen LogP contribution in [0, 0.1) is 6.92 Å². The van der Waals surface area contributed by atoms with E-state index in [1.165, 1.54) is 4.80 Å². The zero-order valence-corrected chi connectivity index (χ0v) is 11.0. The first-order chi connectivity index (χ1) is 9.22. The molecule has 0 atom stereocenters. The molecule has 1 aromatic carbocycles. The molecule has 0 bridgehead atoms. The summed E-state index contributed by atoms with van der Waals surface area (Å²) in [5.41, 5.74) is 6.52. The Morgan fingerprint density at radius 3 is 2.89 bits per heavy atom. The largest absolute Gasteiger partial charge is 0.493 e. The third kappa shape index (κ3) is 3.41. The first kappa shape index (κ1) is 13.3. The minimum atomic E-state index is 0.240. The monoisotopic (exact) mass is 263 g/mol. The minimum Gasteiger partial charge on any atom is -0.493 e. The number of aromatic nitrogens is 4. The molecule has 2 N–H and O–H groups in total. The molecule has 0 aliphatic rings. The molecule has 0 spiro atoms. The topological polar surface area (TPSA) is 88.1 Å². The first-order valence-corrected chi connectivity index (χ1v) is 5.97. The average molecular weight is 263 g/mol. The van der Waals surface area contributed by atoms with Crippen LogP contribution in [0.1, 0.15) is 11.4 Å². The number of benzene rings is 1. The van der Waals surface area contributed by atoms with Gasteiger partial charge < -0.3 is 15.2 Å². The molecule has 7 heteroatoms. The van der Waals surface area contributed by atoms with Crippen molar-refractivity contribution in [2.45, 2.75) is 20.1 Å². The van der Waals surface area contributed by atoms with E-state index in [4.69, 9.17) is 15.2 Å². The zero-order valence-electron chi connectivity index (χ0n) is 11.0. The van der Waals surface area contributed by atoms with Gasteiger partial charge in [-0.3, -0.25) is 0 Å². The van der Waals surface area contributed by atoms with E-state index in [0.717, 1.165) is 5.56 Å². The lowest BCUT2D eigenvalue weighted by molar-refractivity contribution is 0.275. The summed E-state index contributed by atoms with van der Waals surface area (Å²) in [5, 5.41) is 11.9. The van der Waals surface area contributed by atoms with Crippen LogP contribution >= 0.6 is 0 Å². The third-order valence-corrected chi connectivity index (χ3v) is 2.50. The Kier molecular flexibility index (Phi) is 4.30. The van der Waals surface area contributed by atoms with Crippen molar-refractivity contribution in [3.8, 4) is 11.5 Å². The number of tetrazole rings is 1. The van der Waals surface area contributed by atoms with Gasteiger partial charge in [0.2, 0.25) is 5.82 Å². The maximum absolute atomic E-state index is 5.63. The van der Waals surface area contributed by atoms with Gasteiger partial charge >= 0.3 is 0 Å². The van der Waals surface area contributed by atoms with Gasteiger partial charge in [-0.1, -0.05) is 6.07 Å². The van der Waals surface area contributed by atoms with E-state index in [1.54, 1.807) is 7.11 Å². The standard InChI is InChI=1S/C12H17N5O2/c1-9-3-4-10(11(7-9)18-2)19-8-12-14-16-17(15-12)6-5-13/h3-4,7H,5-6,8,13H2,1-2H3. The SMILES string of the molecule is COc1cc(C)ccc1OCc1nnn(CCN)n1. The van der Waals surface area contributed by atoms with E-state index >= 15 is 0 Å². The van der Waals surface area contributed by atoms with Gasteiger partial charge in [-0.2, -0.15) is 4.80 Å². The van der Waals surface area contributed by atoms with Crippen LogP contribution in [-0.2, 0) is 13.2 Å². The van der Waals surface area contributed by atoms with Crippen LogP contribution in [0.2, 0.25) is 0 Å². The van der Waals surface area contributed by atoms with Crippen molar-refractivity contribution in [1.82, 2.24) is 20.2 Å². The number of aryl methyl sites for hydroxylation is 1. The van der Waals surface area contributed by atoms with E-state index in [0.29, 0.717) is 30.4 Å². The maximum Gasteiger partial charge on any atom is 0.212 e. The summed E-state index contributed by atoms with van der Waals surface area (Å²) in [4.78, 5) is 1.45. The summed E-state index contributed by atoms with van der Waals surface area (Å²) in [5.74, 6) is 1.86. The summed E-state index contributed by atoms with van der Waals surface area (Å²) < 4.78 is 10.9. The molecule has 0 aliphatic heterocycles. The molecule has 19 heavy (non-hydrogen) atoms. The van der Waals surface area contributed by atoms with Crippen LogP contribution in [0.25, 0.3) is 0 Å². The molecule has 0 amide bonds. The first-order valence-electron chi connectivity index (χ1n) is 5.97. The lowest BCUT2D eigenvalue weighted by Gasteiger charge is -2.09. The van der Waals surface area contributed by atoms with Crippen LogP contribution in [0.3, 0.4) is 0 Å². The van der Waals surface area contributed by atoms with Crippen LogP contribution < -0.4 is 15.2 Å². The Labute approximate surface area is 111 Å². The summed E-state index contributed by atoms with van der Waals surface area (Å²) in [6.45, 7) is 3.25. The highest BCUT2D eigenvalue weighted by Crippen LogP contribution is 2.28. The molecule has 0 unspecified atom stereocenters. The van der Waals surface area contributed by atoms with Crippen molar-refractivity contribution in [1.29, 1.82) is 0 Å². The van der Waals surface area contributed by atoms with Gasteiger partial charge in [-0.25, -0.2) is 0 Å². The van der Waals surface area contributed by atoms with Crippen molar-refractivity contribution in [2.75, 3.05) is 13.7 Å². The predicted octanol–water partition coefficient (Wildman–Crippen LogP) is 0.528. The van der Waals surface area contributed by atoms with Gasteiger partial charge in [0.15, 0.2) is 18.1 Å².